The number of hydrogen-bond donors (Lipinski definition) is 2. The van der Waals surface area contributed by atoms with E-state index in [1.165, 1.54) is 12.1 Å². The second-order valence-corrected chi connectivity index (χ2v) is 9.13. The number of benzene rings is 1. The lowest BCUT2D eigenvalue weighted by molar-refractivity contribution is 0.396. The summed E-state index contributed by atoms with van der Waals surface area (Å²) < 4.78 is 32.9. The summed E-state index contributed by atoms with van der Waals surface area (Å²) in [4.78, 5) is 10.8. The number of halogens is 2. The Morgan fingerprint density at radius 2 is 1.80 bits per heavy atom. The maximum Gasteiger partial charge on any atom is 0.318 e. The first kappa shape index (κ1) is 21.6. The Balaban J connectivity index is 1.09. The molecule has 0 saturated carbocycles. The Morgan fingerprint density at radius 1 is 1.06 bits per heavy atom. The number of fused-ring (bicyclic) bond motifs is 1. The molecule has 1 aromatic carbocycles. The van der Waals surface area contributed by atoms with Gasteiger partial charge in [-0.15, -0.1) is 5.10 Å². The molecule has 1 fully saturated rings. The SMILES string of the molecule is CC1CC(c2cn[nH]n2)CCN1c1nnc(-c2cnc(NC3Cc4cc(F)c(F)cc4C3)nc2)o1. The molecule has 4 heterocycles. The molecule has 0 bridgehead atoms. The molecule has 1 aliphatic heterocycles. The minimum absolute atomic E-state index is 0.0336. The number of rotatable bonds is 5. The van der Waals surface area contributed by atoms with Gasteiger partial charge in [0.05, 0.1) is 17.5 Å². The van der Waals surface area contributed by atoms with Gasteiger partial charge in [0.25, 0.3) is 5.89 Å². The van der Waals surface area contributed by atoms with E-state index in [9.17, 15) is 8.78 Å². The zero-order chi connectivity index (χ0) is 23.9. The molecule has 1 saturated heterocycles. The first-order chi connectivity index (χ1) is 17.0. The van der Waals surface area contributed by atoms with Gasteiger partial charge in [-0.05, 0) is 55.9 Å². The van der Waals surface area contributed by atoms with Crippen molar-refractivity contribution in [2.75, 3.05) is 16.8 Å². The third kappa shape index (κ3) is 4.19. The number of aromatic amines is 1. The lowest BCUT2D eigenvalue weighted by Gasteiger charge is -2.35. The van der Waals surface area contributed by atoms with Crippen LogP contribution >= 0.6 is 0 Å². The fourth-order valence-electron chi connectivity index (χ4n) is 4.99. The highest BCUT2D eigenvalue weighted by Crippen LogP contribution is 2.33. The van der Waals surface area contributed by atoms with E-state index in [0.717, 1.165) is 36.2 Å². The number of H-pyrrole nitrogens is 1. The molecule has 35 heavy (non-hydrogen) atoms. The Bertz CT molecular complexity index is 1290. The molecule has 180 valence electrons. The van der Waals surface area contributed by atoms with Crippen LogP contribution in [0.1, 0.15) is 42.5 Å². The molecule has 2 unspecified atom stereocenters. The van der Waals surface area contributed by atoms with Crippen LogP contribution in [0.2, 0.25) is 0 Å². The van der Waals surface area contributed by atoms with Crippen LogP contribution in [0.3, 0.4) is 0 Å². The molecule has 3 aromatic heterocycles. The lowest BCUT2D eigenvalue weighted by atomic mass is 9.90. The second kappa shape index (κ2) is 8.67. The van der Waals surface area contributed by atoms with Crippen molar-refractivity contribution in [3.63, 3.8) is 0 Å². The van der Waals surface area contributed by atoms with Gasteiger partial charge in [0.1, 0.15) is 0 Å². The highest BCUT2D eigenvalue weighted by molar-refractivity contribution is 5.52. The van der Waals surface area contributed by atoms with Crippen LogP contribution in [0.5, 0.6) is 0 Å². The van der Waals surface area contributed by atoms with E-state index in [0.29, 0.717) is 42.2 Å². The number of hydrogen-bond acceptors (Lipinski definition) is 9. The lowest BCUT2D eigenvalue weighted by Crippen LogP contribution is -2.40. The molecule has 10 nitrogen and oxygen atoms in total. The van der Waals surface area contributed by atoms with Gasteiger partial charge >= 0.3 is 6.01 Å². The van der Waals surface area contributed by atoms with E-state index in [4.69, 9.17) is 4.42 Å². The average molecular weight is 479 g/mol. The summed E-state index contributed by atoms with van der Waals surface area (Å²) >= 11 is 0. The van der Waals surface area contributed by atoms with Crippen LogP contribution in [-0.2, 0) is 12.8 Å². The van der Waals surface area contributed by atoms with Crippen LogP contribution in [0.4, 0.5) is 20.7 Å². The molecule has 0 spiro atoms. The molecule has 4 aromatic rings. The van der Waals surface area contributed by atoms with Crippen LogP contribution in [0.25, 0.3) is 11.5 Å². The smallest absolute Gasteiger partial charge is 0.318 e. The quantitative estimate of drug-likeness (QED) is 0.444. The van der Waals surface area contributed by atoms with Crippen molar-refractivity contribution in [2.24, 2.45) is 0 Å². The Labute approximate surface area is 199 Å². The topological polar surface area (TPSA) is 122 Å². The molecule has 2 atom stereocenters. The number of piperidine rings is 1. The summed E-state index contributed by atoms with van der Waals surface area (Å²) in [6.45, 7) is 2.90. The van der Waals surface area contributed by atoms with E-state index in [2.05, 4.69) is 52.7 Å². The summed E-state index contributed by atoms with van der Waals surface area (Å²) in [5, 5.41) is 22.5. The zero-order valence-corrected chi connectivity index (χ0v) is 18.9. The minimum atomic E-state index is -0.822. The maximum absolute atomic E-state index is 13.5. The number of nitrogens with zero attached hydrogens (tertiary/aromatic N) is 7. The van der Waals surface area contributed by atoms with Crippen molar-refractivity contribution in [3.8, 4) is 11.5 Å². The van der Waals surface area contributed by atoms with Crippen molar-refractivity contribution < 1.29 is 13.2 Å². The summed E-state index contributed by atoms with van der Waals surface area (Å²) in [7, 11) is 0. The zero-order valence-electron chi connectivity index (χ0n) is 18.9. The molecular weight excluding hydrogens is 456 g/mol. The van der Waals surface area contributed by atoms with Gasteiger partial charge in [-0.3, -0.25) is 0 Å². The van der Waals surface area contributed by atoms with Gasteiger partial charge in [-0.2, -0.15) is 15.4 Å². The minimum Gasteiger partial charge on any atom is -0.403 e. The predicted octanol–water partition coefficient (Wildman–Crippen LogP) is 3.27. The Hall–Kier alpha value is -3.96. The van der Waals surface area contributed by atoms with Crippen molar-refractivity contribution in [1.82, 2.24) is 35.6 Å². The van der Waals surface area contributed by atoms with Gasteiger partial charge in [-0.1, -0.05) is 5.10 Å². The summed E-state index contributed by atoms with van der Waals surface area (Å²) in [6, 6.07) is 3.17. The van der Waals surface area contributed by atoms with Crippen molar-refractivity contribution in [3.05, 3.63) is 59.2 Å². The van der Waals surface area contributed by atoms with E-state index >= 15 is 0 Å². The molecular formula is C23H23F2N9O. The Morgan fingerprint density at radius 3 is 2.46 bits per heavy atom. The standard InChI is InChI=1S/C23H23F2N9O/c1-12-4-13(20-11-28-33-30-20)2-3-34(12)23-32-31-21(35-23)16-9-26-22(27-10-16)29-17-5-14-7-18(24)19(25)8-15(14)6-17/h7-13,17H,2-6H2,1H3,(H,26,27,29)(H,28,30,33). The van der Waals surface area contributed by atoms with Crippen LogP contribution in [0, 0.1) is 11.6 Å². The molecule has 6 rings (SSSR count). The fraction of sp³-hybridized carbons (Fsp3) is 0.391. The Kier molecular flexibility index (Phi) is 5.34. The normalized spacial score (nSPS) is 20.3. The third-order valence-electron chi connectivity index (χ3n) is 6.80. The van der Waals surface area contributed by atoms with Gasteiger partial charge < -0.3 is 14.6 Å². The van der Waals surface area contributed by atoms with Gasteiger partial charge in [-0.25, -0.2) is 18.7 Å². The first-order valence-corrected chi connectivity index (χ1v) is 11.5. The molecule has 0 radical (unpaired) electrons. The van der Waals surface area contributed by atoms with Gasteiger partial charge in [0.15, 0.2) is 11.6 Å². The number of nitrogens with one attached hydrogen (secondary N) is 2. The summed E-state index contributed by atoms with van der Waals surface area (Å²) in [6.07, 6.45) is 8.01. The van der Waals surface area contributed by atoms with Crippen molar-refractivity contribution >= 4 is 12.0 Å². The van der Waals surface area contributed by atoms with Crippen LogP contribution in [0.15, 0.2) is 35.1 Å². The van der Waals surface area contributed by atoms with Gasteiger partial charge in [0, 0.05) is 36.9 Å². The highest BCUT2D eigenvalue weighted by atomic mass is 19.2. The largest absolute Gasteiger partial charge is 0.403 e. The molecule has 2 N–H and O–H groups in total. The van der Waals surface area contributed by atoms with Crippen molar-refractivity contribution in [2.45, 2.75) is 50.6 Å². The number of aromatic nitrogens is 7. The van der Waals surface area contributed by atoms with Crippen LogP contribution < -0.4 is 10.2 Å². The average Bonchev–Trinajstić information content (AvgIpc) is 3.61. The fourth-order valence-corrected chi connectivity index (χ4v) is 4.99. The number of anilines is 2. The summed E-state index contributed by atoms with van der Waals surface area (Å²) in [5.41, 5.74) is 3.19. The maximum atomic E-state index is 13.5. The molecule has 0 amide bonds. The third-order valence-corrected chi connectivity index (χ3v) is 6.80. The predicted molar refractivity (Wildman–Crippen MR) is 122 cm³/mol. The first-order valence-electron chi connectivity index (χ1n) is 11.5. The highest BCUT2D eigenvalue weighted by Gasteiger charge is 2.31. The second-order valence-electron chi connectivity index (χ2n) is 9.13. The molecule has 1 aliphatic carbocycles. The van der Waals surface area contributed by atoms with E-state index in [-0.39, 0.29) is 12.1 Å². The van der Waals surface area contributed by atoms with Crippen LogP contribution in [-0.4, -0.2) is 54.2 Å². The van der Waals surface area contributed by atoms with E-state index in [1.807, 2.05) is 0 Å². The van der Waals surface area contributed by atoms with Gasteiger partial charge in [0.2, 0.25) is 5.95 Å². The molecule has 2 aliphatic rings. The van der Waals surface area contributed by atoms with Crippen molar-refractivity contribution in [1.29, 1.82) is 0 Å². The monoisotopic (exact) mass is 479 g/mol. The van der Waals surface area contributed by atoms with E-state index < -0.39 is 11.6 Å². The summed E-state index contributed by atoms with van der Waals surface area (Å²) in [5.74, 6) is -0.524. The molecule has 12 heteroatoms. The van der Waals surface area contributed by atoms with E-state index in [1.54, 1.807) is 18.6 Å².